The molecule has 0 bridgehead atoms. The molecule has 1 unspecified atom stereocenters. The van der Waals surface area contributed by atoms with Crippen LogP contribution in [0.5, 0.6) is 0 Å². The molecule has 100 valence electrons. The molecule has 1 aromatic carbocycles. The molecule has 0 saturated heterocycles. The first-order valence-corrected chi connectivity index (χ1v) is 6.56. The summed E-state index contributed by atoms with van der Waals surface area (Å²) in [5.41, 5.74) is 0.644. The molecule has 0 spiro atoms. The van der Waals surface area contributed by atoms with Gasteiger partial charge in [0.2, 0.25) is 0 Å². The maximum atomic E-state index is 11.3. The zero-order chi connectivity index (χ0) is 13.8. The highest BCUT2D eigenvalue weighted by Gasteiger charge is 2.36. The fraction of sp³-hybridized carbons (Fsp3) is 0.562. The Labute approximate surface area is 110 Å². The van der Waals surface area contributed by atoms with Gasteiger partial charge in [-0.05, 0) is 37.7 Å². The summed E-state index contributed by atoms with van der Waals surface area (Å²) in [6, 6.07) is 10.3. The lowest BCUT2D eigenvalue weighted by Gasteiger charge is -2.35. The second-order valence-corrected chi connectivity index (χ2v) is 6.19. The first-order valence-electron chi connectivity index (χ1n) is 6.56. The highest BCUT2D eigenvalue weighted by Crippen LogP contribution is 2.39. The van der Waals surface area contributed by atoms with Crippen LogP contribution in [0.2, 0.25) is 0 Å². The van der Waals surface area contributed by atoms with Crippen LogP contribution in [0, 0.1) is 10.8 Å². The molecule has 2 heteroatoms. The van der Waals surface area contributed by atoms with Crippen molar-refractivity contribution in [2.75, 3.05) is 0 Å². The third-order valence-corrected chi connectivity index (χ3v) is 3.77. The van der Waals surface area contributed by atoms with Gasteiger partial charge in [0, 0.05) is 0 Å². The topological polar surface area (TPSA) is 37.3 Å². The van der Waals surface area contributed by atoms with Crippen LogP contribution < -0.4 is 0 Å². The summed E-state index contributed by atoms with van der Waals surface area (Å²) in [4.78, 5) is 11.3. The summed E-state index contributed by atoms with van der Waals surface area (Å²) in [6.45, 7) is 7.95. The van der Waals surface area contributed by atoms with E-state index in [0.717, 1.165) is 12.8 Å². The molecule has 0 aliphatic carbocycles. The van der Waals surface area contributed by atoms with E-state index in [1.807, 2.05) is 32.0 Å². The summed E-state index contributed by atoms with van der Waals surface area (Å²) >= 11 is 0. The van der Waals surface area contributed by atoms with Gasteiger partial charge in [-0.15, -0.1) is 0 Å². The lowest BCUT2D eigenvalue weighted by molar-refractivity contribution is -0.148. The molecule has 0 aliphatic rings. The van der Waals surface area contributed by atoms with E-state index in [4.69, 9.17) is 0 Å². The van der Waals surface area contributed by atoms with Crippen molar-refractivity contribution in [3.05, 3.63) is 35.9 Å². The predicted molar refractivity (Wildman–Crippen MR) is 74.6 cm³/mol. The van der Waals surface area contributed by atoms with Gasteiger partial charge in [-0.25, -0.2) is 0 Å². The average Bonchev–Trinajstić information content (AvgIpc) is 2.29. The Hall–Kier alpha value is -1.31. The number of carbonyl (C=O) groups is 1. The molecule has 0 fully saturated rings. The highest BCUT2D eigenvalue weighted by molar-refractivity contribution is 5.73. The Morgan fingerprint density at radius 1 is 1.17 bits per heavy atom. The van der Waals surface area contributed by atoms with Crippen molar-refractivity contribution in [2.24, 2.45) is 10.8 Å². The van der Waals surface area contributed by atoms with Gasteiger partial charge in [0.05, 0.1) is 5.41 Å². The van der Waals surface area contributed by atoms with E-state index in [2.05, 4.69) is 26.0 Å². The third kappa shape index (κ3) is 3.86. The van der Waals surface area contributed by atoms with E-state index in [1.165, 1.54) is 5.56 Å². The van der Waals surface area contributed by atoms with E-state index < -0.39 is 11.4 Å². The van der Waals surface area contributed by atoms with Gasteiger partial charge in [0.25, 0.3) is 0 Å². The molecular formula is C16H24O2. The molecule has 0 heterocycles. The molecule has 0 aromatic heterocycles. The Bertz CT molecular complexity index is 395. The number of benzene rings is 1. The fourth-order valence-electron chi connectivity index (χ4n) is 2.54. The zero-order valence-corrected chi connectivity index (χ0v) is 11.9. The Morgan fingerprint density at radius 3 is 2.17 bits per heavy atom. The maximum Gasteiger partial charge on any atom is 0.309 e. The molecule has 1 aromatic rings. The van der Waals surface area contributed by atoms with E-state index in [1.54, 1.807) is 0 Å². The van der Waals surface area contributed by atoms with Crippen LogP contribution in [0.25, 0.3) is 0 Å². The minimum atomic E-state index is -0.713. The molecule has 0 radical (unpaired) electrons. The monoisotopic (exact) mass is 248 g/mol. The van der Waals surface area contributed by atoms with Crippen molar-refractivity contribution in [3.8, 4) is 0 Å². The number of aliphatic carboxylic acids is 1. The summed E-state index contributed by atoms with van der Waals surface area (Å²) in [6.07, 6.45) is 2.61. The standard InChI is InChI=1S/C16H24O2/c1-5-16(4,12-15(2,3)14(17)18)11-13-9-7-6-8-10-13/h6-10H,5,11-12H2,1-4H3,(H,17,18). The first-order chi connectivity index (χ1) is 8.29. The molecule has 2 nitrogen and oxygen atoms in total. The van der Waals surface area contributed by atoms with Gasteiger partial charge in [0.15, 0.2) is 0 Å². The second kappa shape index (κ2) is 5.55. The Balaban J connectivity index is 2.83. The summed E-state index contributed by atoms with van der Waals surface area (Å²) in [5.74, 6) is -0.713. The molecule has 18 heavy (non-hydrogen) atoms. The maximum absolute atomic E-state index is 11.3. The van der Waals surface area contributed by atoms with E-state index in [-0.39, 0.29) is 5.41 Å². The molecule has 0 aliphatic heterocycles. The van der Waals surface area contributed by atoms with Crippen LogP contribution in [0.15, 0.2) is 30.3 Å². The van der Waals surface area contributed by atoms with Crippen molar-refractivity contribution in [3.63, 3.8) is 0 Å². The van der Waals surface area contributed by atoms with Crippen molar-refractivity contribution >= 4 is 5.97 Å². The number of carboxylic acids is 1. The Kier molecular flexibility index (Phi) is 4.55. The number of rotatable bonds is 6. The number of carboxylic acid groups (broad SMARTS) is 1. The molecule has 1 rings (SSSR count). The molecule has 1 N–H and O–H groups in total. The van der Waals surface area contributed by atoms with Crippen LogP contribution in [-0.4, -0.2) is 11.1 Å². The smallest absolute Gasteiger partial charge is 0.309 e. The quantitative estimate of drug-likeness (QED) is 0.821. The molecule has 0 amide bonds. The van der Waals surface area contributed by atoms with E-state index >= 15 is 0 Å². The molecule has 0 saturated carbocycles. The van der Waals surface area contributed by atoms with Crippen LogP contribution in [0.1, 0.15) is 46.1 Å². The second-order valence-electron chi connectivity index (χ2n) is 6.19. The first kappa shape index (κ1) is 14.7. The SMILES string of the molecule is CCC(C)(Cc1ccccc1)CC(C)(C)C(=O)O. The van der Waals surface area contributed by atoms with E-state index in [9.17, 15) is 9.90 Å². The summed E-state index contributed by atoms with van der Waals surface area (Å²) < 4.78 is 0. The fourth-order valence-corrected chi connectivity index (χ4v) is 2.54. The Morgan fingerprint density at radius 2 is 1.72 bits per heavy atom. The minimum absolute atomic E-state index is 0.0310. The lowest BCUT2D eigenvalue weighted by atomic mass is 9.69. The molecular weight excluding hydrogens is 224 g/mol. The van der Waals surface area contributed by atoms with Gasteiger partial charge >= 0.3 is 5.97 Å². The molecule has 1 atom stereocenters. The predicted octanol–water partition coefficient (Wildman–Crippen LogP) is 4.15. The van der Waals surface area contributed by atoms with Crippen LogP contribution in [0.3, 0.4) is 0 Å². The number of hydrogen-bond acceptors (Lipinski definition) is 1. The summed E-state index contributed by atoms with van der Waals surface area (Å²) in [5, 5.41) is 9.27. The minimum Gasteiger partial charge on any atom is -0.481 e. The number of hydrogen-bond donors (Lipinski definition) is 1. The van der Waals surface area contributed by atoms with Crippen molar-refractivity contribution in [1.29, 1.82) is 0 Å². The normalized spacial score (nSPS) is 15.1. The van der Waals surface area contributed by atoms with Gasteiger partial charge in [-0.1, -0.05) is 50.6 Å². The van der Waals surface area contributed by atoms with Crippen molar-refractivity contribution < 1.29 is 9.90 Å². The van der Waals surface area contributed by atoms with Crippen LogP contribution in [-0.2, 0) is 11.2 Å². The van der Waals surface area contributed by atoms with Gasteiger partial charge in [0.1, 0.15) is 0 Å². The van der Waals surface area contributed by atoms with Crippen LogP contribution in [0.4, 0.5) is 0 Å². The van der Waals surface area contributed by atoms with E-state index in [0.29, 0.717) is 6.42 Å². The largest absolute Gasteiger partial charge is 0.481 e. The third-order valence-electron chi connectivity index (χ3n) is 3.77. The van der Waals surface area contributed by atoms with Gasteiger partial charge < -0.3 is 5.11 Å². The average molecular weight is 248 g/mol. The zero-order valence-electron chi connectivity index (χ0n) is 11.9. The summed E-state index contributed by atoms with van der Waals surface area (Å²) in [7, 11) is 0. The highest BCUT2D eigenvalue weighted by atomic mass is 16.4. The van der Waals surface area contributed by atoms with Crippen molar-refractivity contribution in [1.82, 2.24) is 0 Å². The van der Waals surface area contributed by atoms with Crippen LogP contribution >= 0.6 is 0 Å². The lowest BCUT2D eigenvalue weighted by Crippen LogP contribution is -2.33. The van der Waals surface area contributed by atoms with Gasteiger partial charge in [-0.2, -0.15) is 0 Å². The van der Waals surface area contributed by atoms with Gasteiger partial charge in [-0.3, -0.25) is 4.79 Å². The van der Waals surface area contributed by atoms with Crippen molar-refractivity contribution in [2.45, 2.75) is 47.0 Å².